The molecular weight excluding hydrogens is 412 g/mol. The predicted octanol–water partition coefficient (Wildman–Crippen LogP) is 3.10. The first-order valence-corrected chi connectivity index (χ1v) is 11.1. The number of carbonyl (C=O) groups is 2. The van der Waals surface area contributed by atoms with Crippen LogP contribution in [0.3, 0.4) is 0 Å². The lowest BCUT2D eigenvalue weighted by Crippen LogP contribution is -2.36. The summed E-state index contributed by atoms with van der Waals surface area (Å²) in [5.74, 6) is -1.01. The lowest BCUT2D eigenvalue weighted by molar-refractivity contribution is 0.0937. The molecule has 3 rings (SSSR count). The molecule has 0 aliphatic carbocycles. The summed E-state index contributed by atoms with van der Waals surface area (Å²) in [5.41, 5.74) is 1.18. The number of carbonyl (C=O) groups excluding carboxylic acids is 2. The quantitative estimate of drug-likeness (QED) is 0.565. The van der Waals surface area contributed by atoms with Crippen LogP contribution in [0.25, 0.3) is 0 Å². The Kier molecular flexibility index (Phi) is 7.36. The molecule has 2 heterocycles. The molecule has 0 saturated heterocycles. The van der Waals surface area contributed by atoms with E-state index in [0.29, 0.717) is 19.5 Å². The molecule has 2 amide bonds. The predicted molar refractivity (Wildman–Crippen MR) is 122 cm³/mol. The highest BCUT2D eigenvalue weighted by Gasteiger charge is 2.21. The minimum Gasteiger partial charge on any atom is -0.352 e. The van der Waals surface area contributed by atoms with E-state index in [1.54, 1.807) is 11.5 Å². The number of nitrogens with one attached hydrogen (secondary N) is 2. The molecule has 0 saturated carbocycles. The van der Waals surface area contributed by atoms with Crippen LogP contribution < -0.4 is 16.1 Å². The number of aromatic nitrogens is 2. The van der Waals surface area contributed by atoms with Gasteiger partial charge in [0.1, 0.15) is 11.1 Å². The molecule has 7 nitrogen and oxygen atoms in total. The van der Waals surface area contributed by atoms with Crippen LogP contribution in [0.5, 0.6) is 0 Å². The molecule has 2 N–H and O–H groups in total. The third-order valence-corrected chi connectivity index (χ3v) is 5.63. The van der Waals surface area contributed by atoms with Gasteiger partial charge in [0, 0.05) is 30.9 Å². The van der Waals surface area contributed by atoms with Gasteiger partial charge in [0.25, 0.3) is 11.8 Å². The molecule has 1 aromatic carbocycles. The molecular formula is C23H26N4O3S. The van der Waals surface area contributed by atoms with Gasteiger partial charge in [-0.25, -0.2) is 4.98 Å². The van der Waals surface area contributed by atoms with Gasteiger partial charge in [-0.05, 0) is 32.8 Å². The van der Waals surface area contributed by atoms with Crippen molar-refractivity contribution in [1.82, 2.24) is 20.2 Å². The SMILES string of the molecule is CCNC(=O)c1cn(CCc2ccccc2)cc(C(=O)N[C@@H](C)c2csc(C)n2)c1=O. The summed E-state index contributed by atoms with van der Waals surface area (Å²) in [6.07, 6.45) is 3.73. The average Bonchev–Trinajstić information content (AvgIpc) is 3.20. The Morgan fingerprint density at radius 3 is 2.42 bits per heavy atom. The zero-order chi connectivity index (χ0) is 22.4. The number of nitrogens with zero attached hydrogens (tertiary/aromatic N) is 2. The molecule has 0 unspecified atom stereocenters. The smallest absolute Gasteiger partial charge is 0.257 e. The van der Waals surface area contributed by atoms with Gasteiger partial charge in [-0.1, -0.05) is 30.3 Å². The normalized spacial score (nSPS) is 11.7. The zero-order valence-electron chi connectivity index (χ0n) is 17.8. The molecule has 31 heavy (non-hydrogen) atoms. The minimum absolute atomic E-state index is 0.0419. The van der Waals surface area contributed by atoms with Crippen molar-refractivity contribution in [3.8, 4) is 0 Å². The van der Waals surface area contributed by atoms with E-state index in [1.165, 1.54) is 23.7 Å². The van der Waals surface area contributed by atoms with Gasteiger partial charge >= 0.3 is 0 Å². The summed E-state index contributed by atoms with van der Waals surface area (Å²) in [6.45, 7) is 6.40. The van der Waals surface area contributed by atoms with Crippen LogP contribution in [0.2, 0.25) is 0 Å². The van der Waals surface area contributed by atoms with Crippen molar-refractivity contribution in [2.75, 3.05) is 6.54 Å². The second-order valence-corrected chi connectivity index (χ2v) is 8.30. The fraction of sp³-hybridized carbons (Fsp3) is 0.304. The molecule has 1 atom stereocenters. The second-order valence-electron chi connectivity index (χ2n) is 7.23. The first kappa shape index (κ1) is 22.4. The lowest BCUT2D eigenvalue weighted by atomic mass is 10.1. The van der Waals surface area contributed by atoms with E-state index in [2.05, 4.69) is 15.6 Å². The number of thiazole rings is 1. The Bertz CT molecular complexity index is 1120. The standard InChI is InChI=1S/C23H26N4O3S/c1-4-24-22(29)18-12-27(11-10-17-8-6-5-7-9-17)13-19(21(18)28)23(30)25-15(2)20-14-31-16(3)26-20/h5-9,12-15H,4,10-11H2,1-3H3,(H,24,29)(H,25,30)/t15-/m0/s1. The zero-order valence-corrected chi connectivity index (χ0v) is 18.7. The summed E-state index contributed by atoms with van der Waals surface area (Å²) in [4.78, 5) is 42.7. The first-order chi connectivity index (χ1) is 14.9. The van der Waals surface area contributed by atoms with Crippen LogP contribution in [0.15, 0.2) is 52.9 Å². The number of amides is 2. The Hall–Kier alpha value is -3.26. The Morgan fingerprint density at radius 2 is 1.81 bits per heavy atom. The fourth-order valence-corrected chi connectivity index (χ4v) is 3.88. The number of hydrogen-bond donors (Lipinski definition) is 2. The maximum Gasteiger partial charge on any atom is 0.257 e. The third kappa shape index (κ3) is 5.67. The van der Waals surface area contributed by atoms with E-state index in [-0.39, 0.29) is 17.2 Å². The van der Waals surface area contributed by atoms with Crippen molar-refractivity contribution in [2.24, 2.45) is 0 Å². The maximum atomic E-state index is 12.9. The number of benzene rings is 1. The van der Waals surface area contributed by atoms with Crippen molar-refractivity contribution >= 4 is 23.2 Å². The summed E-state index contributed by atoms with van der Waals surface area (Å²) >= 11 is 1.50. The van der Waals surface area contributed by atoms with Gasteiger partial charge in [0.2, 0.25) is 5.43 Å². The number of hydrogen-bond acceptors (Lipinski definition) is 5. The molecule has 3 aromatic rings. The number of pyridine rings is 1. The highest BCUT2D eigenvalue weighted by atomic mass is 32.1. The monoisotopic (exact) mass is 438 g/mol. The van der Waals surface area contributed by atoms with E-state index in [4.69, 9.17) is 0 Å². The summed E-state index contributed by atoms with van der Waals surface area (Å²) in [7, 11) is 0. The molecule has 162 valence electrons. The van der Waals surface area contributed by atoms with Gasteiger partial charge in [-0.15, -0.1) is 11.3 Å². The average molecular weight is 439 g/mol. The molecule has 0 aliphatic rings. The van der Waals surface area contributed by atoms with Crippen LogP contribution >= 0.6 is 11.3 Å². The van der Waals surface area contributed by atoms with Gasteiger partial charge in [0.15, 0.2) is 0 Å². The first-order valence-electron chi connectivity index (χ1n) is 10.2. The van der Waals surface area contributed by atoms with E-state index in [1.807, 2.05) is 49.6 Å². The van der Waals surface area contributed by atoms with E-state index >= 15 is 0 Å². The topological polar surface area (TPSA) is 93.1 Å². The highest BCUT2D eigenvalue weighted by molar-refractivity contribution is 7.09. The maximum absolute atomic E-state index is 12.9. The highest BCUT2D eigenvalue weighted by Crippen LogP contribution is 2.16. The Labute approximate surface area is 185 Å². The van der Waals surface area contributed by atoms with E-state index in [9.17, 15) is 14.4 Å². The van der Waals surface area contributed by atoms with Gasteiger partial charge in [-0.3, -0.25) is 14.4 Å². The van der Waals surface area contributed by atoms with Crippen LogP contribution in [-0.2, 0) is 13.0 Å². The Balaban J connectivity index is 1.89. The van der Waals surface area contributed by atoms with Crippen molar-refractivity contribution in [3.05, 3.63) is 85.7 Å². The largest absolute Gasteiger partial charge is 0.352 e. The summed E-state index contributed by atoms with van der Waals surface area (Å²) in [6, 6.07) is 9.53. The van der Waals surface area contributed by atoms with Crippen LogP contribution in [-0.4, -0.2) is 27.9 Å². The van der Waals surface area contributed by atoms with Crippen LogP contribution in [0.1, 0.15) is 56.9 Å². The van der Waals surface area contributed by atoms with E-state index in [0.717, 1.165) is 16.3 Å². The molecule has 0 fully saturated rings. The molecule has 0 aliphatic heterocycles. The number of aryl methyl sites for hydroxylation is 3. The van der Waals surface area contributed by atoms with Crippen LogP contribution in [0, 0.1) is 6.92 Å². The van der Waals surface area contributed by atoms with Gasteiger partial charge in [-0.2, -0.15) is 0 Å². The number of rotatable bonds is 8. The summed E-state index contributed by atoms with van der Waals surface area (Å²) < 4.78 is 1.73. The van der Waals surface area contributed by atoms with Gasteiger partial charge in [0.05, 0.1) is 16.7 Å². The third-order valence-electron chi connectivity index (χ3n) is 4.84. The molecule has 0 spiro atoms. The summed E-state index contributed by atoms with van der Waals surface area (Å²) in [5, 5.41) is 8.25. The molecule has 8 heteroatoms. The molecule has 0 bridgehead atoms. The lowest BCUT2D eigenvalue weighted by Gasteiger charge is -2.15. The van der Waals surface area contributed by atoms with Crippen molar-refractivity contribution in [2.45, 2.75) is 39.8 Å². The minimum atomic E-state index is -0.582. The molecule has 2 aromatic heterocycles. The van der Waals surface area contributed by atoms with Crippen molar-refractivity contribution in [3.63, 3.8) is 0 Å². The van der Waals surface area contributed by atoms with Crippen molar-refractivity contribution in [1.29, 1.82) is 0 Å². The second kappa shape index (κ2) is 10.2. The fourth-order valence-electron chi connectivity index (χ4n) is 3.17. The van der Waals surface area contributed by atoms with E-state index < -0.39 is 17.2 Å². The Morgan fingerprint density at radius 1 is 1.13 bits per heavy atom. The molecule has 0 radical (unpaired) electrons. The van der Waals surface area contributed by atoms with Crippen molar-refractivity contribution < 1.29 is 9.59 Å². The van der Waals surface area contributed by atoms with Gasteiger partial charge < -0.3 is 15.2 Å². The van der Waals surface area contributed by atoms with Crippen LogP contribution in [0.4, 0.5) is 0 Å².